The Bertz CT molecular complexity index is 1540. The zero-order valence-electron chi connectivity index (χ0n) is 23.0. The van der Waals surface area contributed by atoms with Crippen molar-refractivity contribution in [3.05, 3.63) is 77.3 Å². The Morgan fingerprint density at radius 2 is 1.95 bits per heavy atom. The number of anilines is 2. The second-order valence-corrected chi connectivity index (χ2v) is 10.7. The number of carbonyl (C=O) groups is 1. The molecule has 3 heterocycles. The summed E-state index contributed by atoms with van der Waals surface area (Å²) in [5.41, 5.74) is -0.0758. The monoisotopic (exact) mass is 636 g/mol. The van der Waals surface area contributed by atoms with Gasteiger partial charge in [-0.1, -0.05) is 12.1 Å². The summed E-state index contributed by atoms with van der Waals surface area (Å²) in [7, 11) is 1.80. The van der Waals surface area contributed by atoms with Crippen LogP contribution in [0.5, 0.6) is 11.5 Å². The first-order valence-electron chi connectivity index (χ1n) is 13.3. The lowest BCUT2D eigenvalue weighted by molar-refractivity contribution is -0.138. The van der Waals surface area contributed by atoms with E-state index in [-0.39, 0.29) is 41.9 Å². The number of ether oxygens (including phenoxy) is 1. The molecule has 1 fully saturated rings. The third-order valence-corrected chi connectivity index (χ3v) is 7.75. The first-order valence-corrected chi connectivity index (χ1v) is 14.2. The summed E-state index contributed by atoms with van der Waals surface area (Å²) in [5, 5.41) is 15.7. The molecule has 8 nitrogen and oxygen atoms in total. The number of carbonyl (C=O) groups excluding carboxylic acids is 1. The topological polar surface area (TPSA) is 92.3 Å². The summed E-state index contributed by atoms with van der Waals surface area (Å²) in [6, 6.07) is 9.50. The molecule has 0 saturated carbocycles. The highest BCUT2D eigenvalue weighted by Gasteiger charge is 2.41. The van der Waals surface area contributed by atoms with Gasteiger partial charge in [0.2, 0.25) is 5.91 Å². The van der Waals surface area contributed by atoms with Gasteiger partial charge in [-0.25, -0.2) is 9.37 Å². The number of benzene rings is 2. The lowest BCUT2D eigenvalue weighted by atomic mass is 9.96. The molecule has 43 heavy (non-hydrogen) atoms. The third kappa shape index (κ3) is 7.78. The number of alkyl halides is 3. The number of thiazole rings is 1. The Labute approximate surface area is 255 Å². The van der Waals surface area contributed by atoms with Gasteiger partial charge in [0.15, 0.2) is 11.6 Å². The Morgan fingerprint density at radius 3 is 2.67 bits per heavy atom. The van der Waals surface area contributed by atoms with E-state index in [1.807, 2.05) is 0 Å². The first kappa shape index (κ1) is 32.1. The van der Waals surface area contributed by atoms with Crippen molar-refractivity contribution in [2.45, 2.75) is 25.4 Å². The number of hydrogen-bond acceptors (Lipinski definition) is 8. The number of aromatic nitrogens is 3. The molecule has 14 heteroatoms. The lowest BCUT2D eigenvalue weighted by Crippen LogP contribution is -2.40. The molecule has 2 N–H and O–H groups in total. The fourth-order valence-corrected chi connectivity index (χ4v) is 5.84. The molecule has 0 aliphatic carbocycles. The maximum absolute atomic E-state index is 14.8. The molecule has 5 rings (SSSR count). The molecule has 1 amide bonds. The number of hydrogen-bond donors (Lipinski definition) is 2. The SMILES string of the molecule is CNC[C@@H]1CCCN(c2c(NC(=O)Cc3csc(-c4ccnnc4)n3)ccc(Oc3ccccc3F)c2C(F)(F)F)C1.Cl. The van der Waals surface area contributed by atoms with Crippen LogP contribution < -0.4 is 20.3 Å². The van der Waals surface area contributed by atoms with E-state index in [2.05, 4.69) is 25.8 Å². The van der Waals surface area contributed by atoms with Gasteiger partial charge in [0.1, 0.15) is 16.3 Å². The van der Waals surface area contributed by atoms with E-state index in [9.17, 15) is 22.4 Å². The minimum atomic E-state index is -4.87. The normalized spacial score (nSPS) is 15.1. The zero-order valence-corrected chi connectivity index (χ0v) is 24.7. The van der Waals surface area contributed by atoms with E-state index in [4.69, 9.17) is 4.74 Å². The Morgan fingerprint density at radius 1 is 1.14 bits per heavy atom. The highest BCUT2D eigenvalue weighted by molar-refractivity contribution is 7.13. The van der Waals surface area contributed by atoms with Crippen LogP contribution in [0.2, 0.25) is 0 Å². The molecule has 0 unspecified atom stereocenters. The lowest BCUT2D eigenvalue weighted by Gasteiger charge is -2.37. The van der Waals surface area contributed by atoms with E-state index in [1.165, 1.54) is 41.8 Å². The maximum atomic E-state index is 14.8. The van der Waals surface area contributed by atoms with Crippen molar-refractivity contribution in [1.29, 1.82) is 0 Å². The van der Waals surface area contributed by atoms with E-state index in [0.29, 0.717) is 36.8 Å². The summed E-state index contributed by atoms with van der Waals surface area (Å²) in [6.07, 6.45) is -0.408. The second kappa shape index (κ2) is 14.1. The van der Waals surface area contributed by atoms with E-state index < -0.39 is 29.2 Å². The summed E-state index contributed by atoms with van der Waals surface area (Å²) < 4.78 is 64.3. The van der Waals surface area contributed by atoms with Crippen molar-refractivity contribution < 1.29 is 27.1 Å². The fraction of sp³-hybridized carbons (Fsp3) is 0.310. The van der Waals surface area contributed by atoms with Crippen molar-refractivity contribution in [2.24, 2.45) is 5.92 Å². The Hall–Kier alpha value is -3.81. The molecule has 1 aliphatic rings. The van der Waals surface area contributed by atoms with Crippen molar-refractivity contribution in [2.75, 3.05) is 36.9 Å². The third-order valence-electron chi connectivity index (χ3n) is 6.81. The van der Waals surface area contributed by atoms with Gasteiger partial charge >= 0.3 is 6.18 Å². The molecule has 2 aromatic carbocycles. The summed E-state index contributed by atoms with van der Waals surface area (Å²) in [5.74, 6) is -2.10. The van der Waals surface area contributed by atoms with Gasteiger partial charge in [-0.3, -0.25) is 4.79 Å². The van der Waals surface area contributed by atoms with Crippen LogP contribution in [0.1, 0.15) is 24.1 Å². The molecular formula is C29H29ClF4N6O2S. The van der Waals surface area contributed by atoms with Crippen LogP contribution in [0.4, 0.5) is 28.9 Å². The molecular weight excluding hydrogens is 608 g/mol. The summed E-state index contributed by atoms with van der Waals surface area (Å²) in [4.78, 5) is 19.3. The van der Waals surface area contributed by atoms with Gasteiger partial charge in [0, 0.05) is 24.0 Å². The number of halogens is 5. The van der Waals surface area contributed by atoms with Crippen LogP contribution in [0.15, 0.2) is 60.2 Å². The number of para-hydroxylation sites is 1. The Balaban J connectivity index is 0.00000423. The highest BCUT2D eigenvalue weighted by Crippen LogP contribution is 2.48. The van der Waals surface area contributed by atoms with Crippen LogP contribution in [-0.4, -0.2) is 47.8 Å². The molecule has 0 spiro atoms. The van der Waals surface area contributed by atoms with Crippen LogP contribution in [-0.2, 0) is 17.4 Å². The Kier molecular flexibility index (Phi) is 10.5. The largest absolute Gasteiger partial charge is 0.454 e. The number of nitrogens with one attached hydrogen (secondary N) is 2. The number of piperidine rings is 1. The van der Waals surface area contributed by atoms with Crippen molar-refractivity contribution in [3.63, 3.8) is 0 Å². The van der Waals surface area contributed by atoms with Crippen molar-refractivity contribution in [3.8, 4) is 22.1 Å². The summed E-state index contributed by atoms with van der Waals surface area (Å²) >= 11 is 1.32. The van der Waals surface area contributed by atoms with Crippen molar-refractivity contribution >= 4 is 41.0 Å². The number of amides is 1. The minimum absolute atomic E-state index is 0. The van der Waals surface area contributed by atoms with E-state index >= 15 is 0 Å². The highest BCUT2D eigenvalue weighted by atomic mass is 35.5. The van der Waals surface area contributed by atoms with Gasteiger partial charge in [0.25, 0.3) is 0 Å². The van der Waals surface area contributed by atoms with E-state index in [0.717, 1.165) is 24.1 Å². The maximum Gasteiger partial charge on any atom is 0.422 e. The molecule has 228 valence electrons. The molecule has 1 atom stereocenters. The average molecular weight is 637 g/mol. The standard InChI is InChI=1S/C29H28F4N6O2S.ClH/c1-34-14-18-5-4-12-39(16-18)27-22(38-25(40)13-20-17-42-28(37-20)19-10-11-35-36-15-19)8-9-24(26(27)29(31,32)33)41-23-7-3-2-6-21(23)30;/h2-3,6-11,15,17-18,34H,4-5,12-14,16H2,1H3,(H,38,40);1H/t18-;/m0./s1. The zero-order chi connectivity index (χ0) is 29.7. The average Bonchev–Trinajstić information content (AvgIpc) is 3.43. The van der Waals surface area contributed by atoms with Gasteiger partial charge < -0.3 is 20.3 Å². The number of rotatable bonds is 9. The van der Waals surface area contributed by atoms with Gasteiger partial charge in [0.05, 0.1) is 35.9 Å². The first-order chi connectivity index (χ1) is 20.2. The molecule has 0 bridgehead atoms. The van der Waals surface area contributed by atoms with Crippen LogP contribution in [0.25, 0.3) is 10.6 Å². The predicted octanol–water partition coefficient (Wildman–Crippen LogP) is 6.59. The quantitative estimate of drug-likeness (QED) is 0.200. The van der Waals surface area contributed by atoms with Crippen LogP contribution >= 0.6 is 23.7 Å². The molecule has 1 saturated heterocycles. The molecule has 1 aliphatic heterocycles. The molecule has 2 aromatic heterocycles. The minimum Gasteiger partial charge on any atom is -0.454 e. The van der Waals surface area contributed by atoms with E-state index in [1.54, 1.807) is 29.6 Å². The predicted molar refractivity (Wildman–Crippen MR) is 160 cm³/mol. The smallest absolute Gasteiger partial charge is 0.422 e. The summed E-state index contributed by atoms with van der Waals surface area (Å²) in [6.45, 7) is 1.32. The van der Waals surface area contributed by atoms with Crippen LogP contribution in [0, 0.1) is 11.7 Å². The second-order valence-electron chi connectivity index (χ2n) is 9.88. The fourth-order valence-electron chi connectivity index (χ4n) is 5.03. The van der Waals surface area contributed by atoms with Crippen LogP contribution in [0.3, 0.4) is 0 Å². The molecule has 4 aromatic rings. The van der Waals surface area contributed by atoms with Gasteiger partial charge in [-0.2, -0.15) is 23.4 Å². The van der Waals surface area contributed by atoms with Gasteiger partial charge in [-0.05, 0) is 62.7 Å². The molecule has 0 radical (unpaired) electrons. The van der Waals surface area contributed by atoms with Crippen molar-refractivity contribution in [1.82, 2.24) is 20.5 Å². The van der Waals surface area contributed by atoms with Gasteiger partial charge in [-0.15, -0.1) is 23.7 Å². The number of nitrogens with zero attached hydrogens (tertiary/aromatic N) is 4.